The van der Waals surface area contributed by atoms with Crippen molar-refractivity contribution >= 4 is 22.5 Å². The summed E-state index contributed by atoms with van der Waals surface area (Å²) in [5.41, 5.74) is 4.12. The van der Waals surface area contributed by atoms with Gasteiger partial charge in [-0.3, -0.25) is 4.79 Å². The lowest BCUT2D eigenvalue weighted by Crippen LogP contribution is -2.36. The van der Waals surface area contributed by atoms with Gasteiger partial charge < -0.3 is 14.2 Å². The summed E-state index contributed by atoms with van der Waals surface area (Å²) in [6.07, 6.45) is 5.47. The van der Waals surface area contributed by atoms with Crippen molar-refractivity contribution in [2.75, 3.05) is 31.2 Å². The maximum Gasteiger partial charge on any atom is 0.169 e. The van der Waals surface area contributed by atoms with Crippen LogP contribution in [0.5, 0.6) is 0 Å². The Labute approximate surface area is 179 Å². The minimum atomic E-state index is -0.00616. The summed E-state index contributed by atoms with van der Waals surface area (Å²) in [7, 11) is 1.96. The van der Waals surface area contributed by atoms with Gasteiger partial charge in [-0.25, -0.2) is 9.97 Å². The molecule has 1 aliphatic heterocycles. The number of anilines is 1. The Bertz CT molecular complexity index is 1250. The van der Waals surface area contributed by atoms with Gasteiger partial charge in [-0.15, -0.1) is 0 Å². The van der Waals surface area contributed by atoms with E-state index < -0.39 is 0 Å². The van der Waals surface area contributed by atoms with E-state index in [9.17, 15) is 4.79 Å². The topological polar surface area (TPSA) is 86.0 Å². The SMILES string of the molecule is Cn1cncc1-c1ccc2nnc(CC(=O)c3ccnc(N4CCOCC4)c3)cc2c1. The van der Waals surface area contributed by atoms with Crippen LogP contribution in [0.1, 0.15) is 16.1 Å². The number of aryl methyl sites for hydroxylation is 1. The van der Waals surface area contributed by atoms with Gasteiger partial charge in [0.05, 0.1) is 49.1 Å². The average Bonchev–Trinajstić information content (AvgIpc) is 3.25. The Kier molecular flexibility index (Phi) is 5.13. The third kappa shape index (κ3) is 4.02. The summed E-state index contributed by atoms with van der Waals surface area (Å²) in [6, 6.07) is 11.5. The molecule has 0 atom stereocenters. The minimum Gasteiger partial charge on any atom is -0.378 e. The van der Waals surface area contributed by atoms with Crippen LogP contribution in [0.25, 0.3) is 22.2 Å². The van der Waals surface area contributed by atoms with Crippen LogP contribution in [-0.2, 0) is 18.2 Å². The van der Waals surface area contributed by atoms with Crippen LogP contribution in [0.2, 0.25) is 0 Å². The second kappa shape index (κ2) is 8.23. The number of ketones is 1. The smallest absolute Gasteiger partial charge is 0.169 e. The summed E-state index contributed by atoms with van der Waals surface area (Å²) in [5.74, 6) is 0.799. The monoisotopic (exact) mass is 414 g/mol. The quantitative estimate of drug-likeness (QED) is 0.464. The molecule has 0 saturated carbocycles. The van der Waals surface area contributed by atoms with E-state index >= 15 is 0 Å². The molecule has 1 aromatic carbocycles. The van der Waals surface area contributed by atoms with Crippen LogP contribution in [0.15, 0.2) is 55.1 Å². The number of fused-ring (bicyclic) bond motifs is 1. The van der Waals surface area contributed by atoms with Gasteiger partial charge in [0.25, 0.3) is 0 Å². The second-order valence-corrected chi connectivity index (χ2v) is 7.60. The molecule has 156 valence electrons. The van der Waals surface area contributed by atoms with Gasteiger partial charge in [0.2, 0.25) is 0 Å². The standard InChI is InChI=1S/C23H22N6O2/c1-28-15-24-14-21(28)16-2-3-20-18(10-16)11-19(26-27-20)13-22(30)17-4-5-25-23(12-17)29-6-8-31-9-7-29/h2-5,10-12,14-15H,6-9,13H2,1H3. The van der Waals surface area contributed by atoms with Crippen molar-refractivity contribution in [3.63, 3.8) is 0 Å². The first-order valence-electron chi connectivity index (χ1n) is 10.2. The molecule has 0 N–H and O–H groups in total. The molecule has 4 aromatic rings. The Balaban J connectivity index is 1.38. The molecule has 0 aliphatic carbocycles. The number of aromatic nitrogens is 5. The molecule has 0 spiro atoms. The molecule has 0 amide bonds. The lowest BCUT2D eigenvalue weighted by atomic mass is 10.0. The van der Waals surface area contributed by atoms with E-state index in [1.54, 1.807) is 18.6 Å². The number of imidazole rings is 1. The number of carbonyl (C=O) groups is 1. The largest absolute Gasteiger partial charge is 0.378 e. The molecule has 1 fully saturated rings. The number of nitrogens with zero attached hydrogens (tertiary/aromatic N) is 6. The van der Waals surface area contributed by atoms with Crippen LogP contribution < -0.4 is 4.90 Å². The van der Waals surface area contributed by atoms with Crippen molar-refractivity contribution in [1.29, 1.82) is 0 Å². The maximum atomic E-state index is 12.9. The number of carbonyl (C=O) groups excluding carboxylic acids is 1. The molecular weight excluding hydrogens is 392 g/mol. The molecule has 4 heterocycles. The number of Topliss-reactive ketones (excluding diaryl/α,β-unsaturated/α-hetero) is 1. The molecule has 8 heteroatoms. The molecular formula is C23H22N6O2. The van der Waals surface area contributed by atoms with E-state index in [-0.39, 0.29) is 12.2 Å². The Hall–Kier alpha value is -3.65. The average molecular weight is 414 g/mol. The van der Waals surface area contributed by atoms with Crippen molar-refractivity contribution in [3.05, 3.63) is 66.4 Å². The van der Waals surface area contributed by atoms with Crippen molar-refractivity contribution in [2.24, 2.45) is 7.05 Å². The van der Waals surface area contributed by atoms with E-state index in [4.69, 9.17) is 4.74 Å². The number of pyridine rings is 1. The molecule has 0 radical (unpaired) electrons. The lowest BCUT2D eigenvalue weighted by molar-refractivity contribution is 0.0991. The zero-order valence-electron chi connectivity index (χ0n) is 17.2. The summed E-state index contributed by atoms with van der Waals surface area (Å²) < 4.78 is 7.36. The van der Waals surface area contributed by atoms with Crippen molar-refractivity contribution in [3.8, 4) is 11.3 Å². The van der Waals surface area contributed by atoms with E-state index in [2.05, 4.69) is 31.1 Å². The molecule has 5 rings (SSSR count). The van der Waals surface area contributed by atoms with Gasteiger partial charge in [0, 0.05) is 42.8 Å². The van der Waals surface area contributed by atoms with Crippen molar-refractivity contribution < 1.29 is 9.53 Å². The zero-order chi connectivity index (χ0) is 21.2. The third-order valence-corrected chi connectivity index (χ3v) is 5.49. The Morgan fingerprint density at radius 3 is 2.77 bits per heavy atom. The maximum absolute atomic E-state index is 12.9. The predicted octanol–water partition coefficient (Wildman–Crippen LogP) is 2.69. The first kappa shape index (κ1) is 19.3. The molecule has 0 bridgehead atoms. The van der Waals surface area contributed by atoms with Gasteiger partial charge in [-0.2, -0.15) is 10.2 Å². The van der Waals surface area contributed by atoms with Gasteiger partial charge in [-0.1, -0.05) is 6.07 Å². The zero-order valence-corrected chi connectivity index (χ0v) is 17.2. The van der Waals surface area contributed by atoms with Crippen molar-refractivity contribution in [1.82, 2.24) is 24.7 Å². The number of hydrogen-bond donors (Lipinski definition) is 0. The van der Waals surface area contributed by atoms with Gasteiger partial charge in [-0.05, 0) is 30.3 Å². The number of rotatable bonds is 5. The van der Waals surface area contributed by atoms with Crippen LogP contribution in [0.4, 0.5) is 5.82 Å². The summed E-state index contributed by atoms with van der Waals surface area (Å²) in [6.45, 7) is 2.90. The number of morpholine rings is 1. The fourth-order valence-corrected chi connectivity index (χ4v) is 3.79. The van der Waals surface area contributed by atoms with Crippen LogP contribution >= 0.6 is 0 Å². The predicted molar refractivity (Wildman–Crippen MR) is 117 cm³/mol. The van der Waals surface area contributed by atoms with E-state index in [1.165, 1.54) is 0 Å². The first-order chi connectivity index (χ1) is 15.2. The van der Waals surface area contributed by atoms with Crippen LogP contribution in [-0.4, -0.2) is 56.8 Å². The number of hydrogen-bond acceptors (Lipinski definition) is 7. The van der Waals surface area contributed by atoms with Gasteiger partial charge in [0.1, 0.15) is 5.82 Å². The fraction of sp³-hybridized carbons (Fsp3) is 0.261. The van der Waals surface area contributed by atoms with E-state index in [0.29, 0.717) is 24.5 Å². The van der Waals surface area contributed by atoms with E-state index in [1.807, 2.05) is 42.1 Å². The first-order valence-corrected chi connectivity index (χ1v) is 10.2. The summed E-state index contributed by atoms with van der Waals surface area (Å²) in [5, 5.41) is 9.51. The highest BCUT2D eigenvalue weighted by molar-refractivity contribution is 5.98. The fourth-order valence-electron chi connectivity index (χ4n) is 3.79. The van der Waals surface area contributed by atoms with Crippen LogP contribution in [0, 0.1) is 0 Å². The molecule has 31 heavy (non-hydrogen) atoms. The van der Waals surface area contributed by atoms with Gasteiger partial charge >= 0.3 is 0 Å². The molecule has 1 saturated heterocycles. The number of benzene rings is 1. The Morgan fingerprint density at radius 2 is 1.97 bits per heavy atom. The highest BCUT2D eigenvalue weighted by atomic mass is 16.5. The summed E-state index contributed by atoms with van der Waals surface area (Å²) in [4.78, 5) is 23.7. The minimum absolute atomic E-state index is 0.00616. The number of ether oxygens (including phenoxy) is 1. The summed E-state index contributed by atoms with van der Waals surface area (Å²) >= 11 is 0. The van der Waals surface area contributed by atoms with Gasteiger partial charge in [0.15, 0.2) is 5.78 Å². The highest BCUT2D eigenvalue weighted by Gasteiger charge is 2.16. The Morgan fingerprint density at radius 1 is 1.10 bits per heavy atom. The lowest BCUT2D eigenvalue weighted by Gasteiger charge is -2.27. The second-order valence-electron chi connectivity index (χ2n) is 7.60. The van der Waals surface area contributed by atoms with E-state index in [0.717, 1.165) is 41.1 Å². The normalized spacial score (nSPS) is 14.2. The molecule has 8 nitrogen and oxygen atoms in total. The van der Waals surface area contributed by atoms with Crippen LogP contribution in [0.3, 0.4) is 0 Å². The molecule has 1 aliphatic rings. The highest BCUT2D eigenvalue weighted by Crippen LogP contribution is 2.23. The molecule has 3 aromatic heterocycles. The third-order valence-electron chi connectivity index (χ3n) is 5.49. The molecule has 0 unspecified atom stereocenters. The van der Waals surface area contributed by atoms with Crippen molar-refractivity contribution in [2.45, 2.75) is 6.42 Å².